The maximum Gasteiger partial charge on any atom is 0.0423 e. The lowest BCUT2D eigenvalue weighted by molar-refractivity contribution is 0.757. The van der Waals surface area contributed by atoms with Gasteiger partial charge in [0.25, 0.3) is 0 Å². The van der Waals surface area contributed by atoms with Crippen LogP contribution in [0.3, 0.4) is 0 Å². The fourth-order valence-corrected chi connectivity index (χ4v) is 3.23. The molecule has 0 aliphatic carbocycles. The van der Waals surface area contributed by atoms with E-state index in [1.54, 1.807) is 11.8 Å². The van der Waals surface area contributed by atoms with Gasteiger partial charge >= 0.3 is 0 Å². The van der Waals surface area contributed by atoms with Gasteiger partial charge < -0.3 is 10.6 Å². The van der Waals surface area contributed by atoms with E-state index in [2.05, 4.69) is 49.6 Å². The maximum absolute atomic E-state index is 5.89. The highest BCUT2D eigenvalue weighted by molar-refractivity contribution is 7.98. The summed E-state index contributed by atoms with van der Waals surface area (Å²) >= 11 is 3.64. The number of hydrogen-bond acceptors (Lipinski definition) is 4. The summed E-state index contributed by atoms with van der Waals surface area (Å²) in [5.41, 5.74) is 8.42. The van der Waals surface area contributed by atoms with Crippen LogP contribution < -0.4 is 10.6 Å². The summed E-state index contributed by atoms with van der Waals surface area (Å²) in [7, 11) is 2.15. The third kappa shape index (κ3) is 3.57. The molecule has 2 nitrogen and oxygen atoms in total. The Morgan fingerprint density at radius 3 is 2.59 bits per heavy atom. The van der Waals surface area contributed by atoms with Crippen molar-refractivity contribution in [3.8, 4) is 0 Å². The number of benzene rings is 1. The van der Waals surface area contributed by atoms with Gasteiger partial charge in [0.1, 0.15) is 0 Å². The van der Waals surface area contributed by atoms with Crippen molar-refractivity contribution in [1.82, 2.24) is 0 Å². The van der Waals surface area contributed by atoms with E-state index in [0.717, 1.165) is 5.75 Å². The molecule has 1 atom stereocenters. The van der Waals surface area contributed by atoms with Crippen molar-refractivity contribution in [2.45, 2.75) is 24.4 Å². The van der Waals surface area contributed by atoms with Gasteiger partial charge in [0.15, 0.2) is 0 Å². The largest absolute Gasteiger partial charge is 0.371 e. The molecule has 1 aromatic rings. The molecule has 1 rings (SSSR count). The number of hydrogen-bond donors (Lipinski definition) is 1. The highest BCUT2D eigenvalue weighted by Gasteiger charge is 2.14. The highest BCUT2D eigenvalue weighted by Crippen LogP contribution is 2.30. The number of nitrogens with two attached hydrogens (primary N) is 1. The van der Waals surface area contributed by atoms with Gasteiger partial charge in [-0.1, -0.05) is 6.07 Å². The molecule has 2 N–H and O–H groups in total. The number of nitrogens with zero attached hydrogens (tertiary/aromatic N) is 1. The minimum atomic E-state index is 0.521. The van der Waals surface area contributed by atoms with E-state index in [-0.39, 0.29) is 0 Å². The zero-order chi connectivity index (χ0) is 12.8. The minimum Gasteiger partial charge on any atom is -0.371 e. The standard InChI is InChI=1S/C13H22N2S2/c1-10(9-16-3)15(2)12-6-5-7-13(17-4)11(12)8-14/h5-7,10H,8-9,14H2,1-4H3. The Morgan fingerprint density at radius 1 is 1.35 bits per heavy atom. The van der Waals surface area contributed by atoms with Gasteiger partial charge in [-0.25, -0.2) is 0 Å². The van der Waals surface area contributed by atoms with Crippen molar-refractivity contribution in [2.75, 3.05) is 30.2 Å². The molecule has 0 aliphatic rings. The molecule has 96 valence electrons. The molecule has 0 heterocycles. The van der Waals surface area contributed by atoms with E-state index in [4.69, 9.17) is 5.73 Å². The lowest BCUT2D eigenvalue weighted by atomic mass is 10.1. The van der Waals surface area contributed by atoms with E-state index in [9.17, 15) is 0 Å². The molecular formula is C13H22N2S2. The van der Waals surface area contributed by atoms with Crippen molar-refractivity contribution >= 4 is 29.2 Å². The second-order valence-corrected chi connectivity index (χ2v) is 5.84. The fraction of sp³-hybridized carbons (Fsp3) is 0.538. The van der Waals surface area contributed by atoms with Crippen LogP contribution in [0.1, 0.15) is 12.5 Å². The van der Waals surface area contributed by atoms with E-state index in [1.807, 2.05) is 11.8 Å². The molecule has 4 heteroatoms. The van der Waals surface area contributed by atoms with Crippen LogP contribution in [0, 0.1) is 0 Å². The topological polar surface area (TPSA) is 29.3 Å². The smallest absolute Gasteiger partial charge is 0.0423 e. The maximum atomic E-state index is 5.89. The first kappa shape index (κ1) is 14.7. The molecule has 0 aromatic heterocycles. The zero-order valence-corrected chi connectivity index (χ0v) is 12.7. The SMILES string of the molecule is CSCC(C)N(C)c1cccc(SC)c1CN. The van der Waals surface area contributed by atoms with Gasteiger partial charge in [-0.15, -0.1) is 11.8 Å². The molecule has 17 heavy (non-hydrogen) atoms. The lowest BCUT2D eigenvalue weighted by Gasteiger charge is -2.29. The van der Waals surface area contributed by atoms with Crippen LogP contribution in [0.5, 0.6) is 0 Å². The summed E-state index contributed by atoms with van der Waals surface area (Å²) < 4.78 is 0. The van der Waals surface area contributed by atoms with Gasteiger partial charge in [0.05, 0.1) is 0 Å². The van der Waals surface area contributed by atoms with E-state index in [1.165, 1.54) is 16.1 Å². The molecule has 0 amide bonds. The molecule has 0 radical (unpaired) electrons. The first-order valence-electron chi connectivity index (χ1n) is 5.73. The third-order valence-corrected chi connectivity index (χ3v) is 4.62. The highest BCUT2D eigenvalue weighted by atomic mass is 32.2. The molecule has 0 spiro atoms. The predicted octanol–water partition coefficient (Wildman–Crippen LogP) is 3.05. The Balaban J connectivity index is 3.03. The molecule has 0 saturated carbocycles. The van der Waals surface area contributed by atoms with Crippen LogP contribution >= 0.6 is 23.5 Å². The number of thioether (sulfide) groups is 2. The van der Waals surface area contributed by atoms with Crippen LogP contribution in [-0.2, 0) is 6.54 Å². The minimum absolute atomic E-state index is 0.521. The zero-order valence-electron chi connectivity index (χ0n) is 11.1. The Labute approximate surface area is 113 Å². The van der Waals surface area contributed by atoms with Crippen LogP contribution in [0.4, 0.5) is 5.69 Å². The lowest BCUT2D eigenvalue weighted by Crippen LogP contribution is -2.32. The third-order valence-electron chi connectivity index (χ3n) is 2.98. The van der Waals surface area contributed by atoms with E-state index in [0.29, 0.717) is 12.6 Å². The summed E-state index contributed by atoms with van der Waals surface area (Å²) in [5, 5.41) is 0. The van der Waals surface area contributed by atoms with Crippen molar-refractivity contribution < 1.29 is 0 Å². The predicted molar refractivity (Wildman–Crippen MR) is 82.4 cm³/mol. The van der Waals surface area contributed by atoms with Crippen LogP contribution in [-0.4, -0.2) is 31.4 Å². The van der Waals surface area contributed by atoms with Gasteiger partial charge in [-0.2, -0.15) is 11.8 Å². The van der Waals surface area contributed by atoms with Crippen molar-refractivity contribution in [1.29, 1.82) is 0 Å². The van der Waals surface area contributed by atoms with Gasteiger partial charge in [-0.3, -0.25) is 0 Å². The monoisotopic (exact) mass is 270 g/mol. The Morgan fingerprint density at radius 2 is 2.06 bits per heavy atom. The van der Waals surface area contributed by atoms with E-state index < -0.39 is 0 Å². The van der Waals surface area contributed by atoms with E-state index >= 15 is 0 Å². The summed E-state index contributed by atoms with van der Waals surface area (Å²) in [6, 6.07) is 6.94. The fourth-order valence-electron chi connectivity index (χ4n) is 1.87. The van der Waals surface area contributed by atoms with Gasteiger partial charge in [0.2, 0.25) is 0 Å². The second-order valence-electron chi connectivity index (χ2n) is 4.08. The number of anilines is 1. The van der Waals surface area contributed by atoms with Crippen molar-refractivity contribution in [3.05, 3.63) is 23.8 Å². The van der Waals surface area contributed by atoms with Crippen LogP contribution in [0.25, 0.3) is 0 Å². The second kappa shape index (κ2) is 7.19. The number of rotatable bonds is 6. The normalized spacial score (nSPS) is 12.5. The van der Waals surface area contributed by atoms with Gasteiger partial charge in [-0.05, 0) is 31.6 Å². The summed E-state index contributed by atoms with van der Waals surface area (Å²) in [6.07, 6.45) is 4.25. The summed E-state index contributed by atoms with van der Waals surface area (Å²) in [5.74, 6) is 1.13. The van der Waals surface area contributed by atoms with Crippen LogP contribution in [0.15, 0.2) is 23.1 Å². The summed E-state index contributed by atoms with van der Waals surface area (Å²) in [4.78, 5) is 3.62. The molecule has 1 aromatic carbocycles. The molecule has 0 aliphatic heterocycles. The molecule has 0 bridgehead atoms. The first-order valence-corrected chi connectivity index (χ1v) is 8.35. The average molecular weight is 270 g/mol. The molecule has 1 unspecified atom stereocenters. The molecule has 0 fully saturated rings. The van der Waals surface area contributed by atoms with Crippen molar-refractivity contribution in [2.24, 2.45) is 5.73 Å². The van der Waals surface area contributed by atoms with Gasteiger partial charge in [0, 0.05) is 41.5 Å². The Hall–Kier alpha value is -0.320. The summed E-state index contributed by atoms with van der Waals surface area (Å²) in [6.45, 7) is 2.85. The molecule has 0 saturated heterocycles. The average Bonchev–Trinajstić information content (AvgIpc) is 2.36. The quantitative estimate of drug-likeness (QED) is 0.805. The Kier molecular flexibility index (Phi) is 6.23. The first-order chi connectivity index (χ1) is 8.15. The molecular weight excluding hydrogens is 248 g/mol. The van der Waals surface area contributed by atoms with Crippen LogP contribution in [0.2, 0.25) is 0 Å². The van der Waals surface area contributed by atoms with Crippen molar-refractivity contribution in [3.63, 3.8) is 0 Å². The Bertz CT molecular complexity index is 355.